The molecule has 1 saturated heterocycles. The van der Waals surface area contributed by atoms with E-state index in [2.05, 4.69) is 61.9 Å². The van der Waals surface area contributed by atoms with E-state index in [1.165, 1.54) is 17.5 Å². The molecule has 2 N–H and O–H groups in total. The lowest BCUT2D eigenvalue weighted by Crippen LogP contribution is -2.54. The van der Waals surface area contributed by atoms with E-state index >= 15 is 0 Å². The topological polar surface area (TPSA) is 32.5 Å². The maximum absolute atomic E-state index is 6.48. The fourth-order valence-electron chi connectivity index (χ4n) is 3.38. The first-order chi connectivity index (χ1) is 10.1. The van der Waals surface area contributed by atoms with Gasteiger partial charge >= 0.3 is 0 Å². The highest BCUT2D eigenvalue weighted by Gasteiger charge is 2.31. The molecule has 1 aromatic carbocycles. The van der Waals surface area contributed by atoms with Gasteiger partial charge in [-0.15, -0.1) is 0 Å². The predicted molar refractivity (Wildman–Crippen MR) is 90.5 cm³/mol. The van der Waals surface area contributed by atoms with Crippen molar-refractivity contribution in [2.24, 2.45) is 5.73 Å². The van der Waals surface area contributed by atoms with Gasteiger partial charge in [0.2, 0.25) is 0 Å². The maximum atomic E-state index is 6.48. The van der Waals surface area contributed by atoms with Crippen LogP contribution >= 0.6 is 0 Å². The average Bonchev–Trinajstić information content (AvgIpc) is 2.50. The zero-order valence-electron chi connectivity index (χ0n) is 14.0. The van der Waals surface area contributed by atoms with E-state index < -0.39 is 0 Å². The average molecular weight is 289 g/mol. The summed E-state index contributed by atoms with van der Waals surface area (Å²) in [7, 11) is 2.24. The van der Waals surface area contributed by atoms with Gasteiger partial charge < -0.3 is 10.6 Å². The van der Waals surface area contributed by atoms with Gasteiger partial charge in [-0.3, -0.25) is 4.90 Å². The van der Waals surface area contributed by atoms with E-state index in [9.17, 15) is 0 Å². The highest BCUT2D eigenvalue weighted by atomic mass is 15.3. The smallest absolute Gasteiger partial charge is 0.0500 e. The van der Waals surface area contributed by atoms with Gasteiger partial charge in [0.15, 0.2) is 0 Å². The Bertz CT molecular complexity index is 429. The highest BCUT2D eigenvalue weighted by Crippen LogP contribution is 2.28. The Morgan fingerprint density at radius 2 is 1.86 bits per heavy atom. The van der Waals surface area contributed by atoms with Crippen LogP contribution in [0.25, 0.3) is 0 Å². The summed E-state index contributed by atoms with van der Waals surface area (Å²) >= 11 is 0. The molecule has 0 spiro atoms. The van der Waals surface area contributed by atoms with E-state index in [0.717, 1.165) is 26.1 Å². The number of nitrogens with zero attached hydrogens (tertiary/aromatic N) is 2. The molecule has 1 heterocycles. The number of hydrogen-bond donors (Lipinski definition) is 1. The van der Waals surface area contributed by atoms with Crippen LogP contribution in [0, 0.1) is 6.92 Å². The van der Waals surface area contributed by atoms with E-state index in [4.69, 9.17) is 5.73 Å². The van der Waals surface area contributed by atoms with Crippen LogP contribution in [-0.4, -0.2) is 48.6 Å². The minimum atomic E-state index is 0.202. The van der Waals surface area contributed by atoms with Gasteiger partial charge in [0, 0.05) is 37.8 Å². The summed E-state index contributed by atoms with van der Waals surface area (Å²) < 4.78 is 0. The summed E-state index contributed by atoms with van der Waals surface area (Å²) in [4.78, 5) is 5.09. The molecule has 0 amide bonds. The first kappa shape index (κ1) is 16.5. The number of hydrogen-bond acceptors (Lipinski definition) is 3. The molecule has 3 unspecified atom stereocenters. The molecule has 1 aromatic rings. The Balaban J connectivity index is 2.22. The third kappa shape index (κ3) is 3.85. The molecule has 0 aromatic heterocycles. The fourth-order valence-corrected chi connectivity index (χ4v) is 3.38. The number of rotatable bonds is 5. The van der Waals surface area contributed by atoms with Crippen molar-refractivity contribution in [2.45, 2.75) is 51.7 Å². The third-order valence-electron chi connectivity index (χ3n) is 4.97. The van der Waals surface area contributed by atoms with Crippen LogP contribution in [-0.2, 0) is 0 Å². The van der Waals surface area contributed by atoms with Crippen LogP contribution in [0.15, 0.2) is 24.3 Å². The van der Waals surface area contributed by atoms with Crippen molar-refractivity contribution in [1.82, 2.24) is 9.80 Å². The summed E-state index contributed by atoms with van der Waals surface area (Å²) in [6, 6.07) is 10.1. The minimum absolute atomic E-state index is 0.202. The van der Waals surface area contributed by atoms with Gasteiger partial charge in [-0.05, 0) is 32.4 Å². The third-order valence-corrected chi connectivity index (χ3v) is 4.97. The molecular weight excluding hydrogens is 258 g/mol. The number of nitrogens with two attached hydrogens (primary N) is 1. The quantitative estimate of drug-likeness (QED) is 0.904. The molecule has 0 aliphatic carbocycles. The predicted octanol–water partition coefficient (Wildman–Crippen LogP) is 2.80. The fraction of sp³-hybridized carbons (Fsp3) is 0.667. The van der Waals surface area contributed by atoms with Gasteiger partial charge in [-0.25, -0.2) is 0 Å². The van der Waals surface area contributed by atoms with Crippen molar-refractivity contribution in [3.05, 3.63) is 35.4 Å². The van der Waals surface area contributed by atoms with Crippen LogP contribution in [0.1, 0.15) is 43.9 Å². The first-order valence-electron chi connectivity index (χ1n) is 8.33. The SMILES string of the molecule is CCC(N)C(c1ccc(C)cc1)N1CCN(C)C(CC)C1. The van der Waals surface area contributed by atoms with Crippen molar-refractivity contribution < 1.29 is 0 Å². The highest BCUT2D eigenvalue weighted by molar-refractivity contribution is 5.25. The molecule has 118 valence electrons. The van der Waals surface area contributed by atoms with Gasteiger partial charge in [0.05, 0.1) is 0 Å². The van der Waals surface area contributed by atoms with Crippen molar-refractivity contribution in [2.75, 3.05) is 26.7 Å². The Hall–Kier alpha value is -0.900. The summed E-state index contributed by atoms with van der Waals surface area (Å²) in [6.07, 6.45) is 2.22. The van der Waals surface area contributed by atoms with Crippen LogP contribution in [0.2, 0.25) is 0 Å². The zero-order valence-corrected chi connectivity index (χ0v) is 14.0. The van der Waals surface area contributed by atoms with Crippen LogP contribution < -0.4 is 5.73 Å². The first-order valence-corrected chi connectivity index (χ1v) is 8.33. The standard InChI is InChI=1S/C18H31N3/c1-5-16-13-21(12-11-20(16)4)18(17(19)6-2)15-9-7-14(3)8-10-15/h7-10,16-18H,5-6,11-13,19H2,1-4H3. The molecule has 0 bridgehead atoms. The second-order valence-electron chi connectivity index (χ2n) is 6.47. The van der Waals surface area contributed by atoms with Gasteiger partial charge in [0.25, 0.3) is 0 Å². The largest absolute Gasteiger partial charge is 0.326 e. The second-order valence-corrected chi connectivity index (χ2v) is 6.47. The second kappa shape index (κ2) is 7.39. The summed E-state index contributed by atoms with van der Waals surface area (Å²) in [5.74, 6) is 0. The maximum Gasteiger partial charge on any atom is 0.0500 e. The number of aryl methyl sites for hydroxylation is 1. The van der Waals surface area contributed by atoms with Gasteiger partial charge in [-0.1, -0.05) is 43.7 Å². The molecule has 3 heteroatoms. The van der Waals surface area contributed by atoms with Crippen molar-refractivity contribution in [1.29, 1.82) is 0 Å². The summed E-state index contributed by atoms with van der Waals surface area (Å²) in [6.45, 7) is 9.99. The van der Waals surface area contributed by atoms with Gasteiger partial charge in [-0.2, -0.15) is 0 Å². The Labute approximate surface area is 130 Å². The molecule has 0 saturated carbocycles. The summed E-state index contributed by atoms with van der Waals surface area (Å²) in [5.41, 5.74) is 9.17. The molecule has 1 fully saturated rings. The summed E-state index contributed by atoms with van der Waals surface area (Å²) in [5, 5.41) is 0. The Kier molecular flexibility index (Phi) is 5.80. The normalized spacial score (nSPS) is 24.0. The van der Waals surface area contributed by atoms with Crippen LogP contribution in [0.5, 0.6) is 0 Å². The number of piperazine rings is 1. The minimum Gasteiger partial charge on any atom is -0.326 e. The Morgan fingerprint density at radius 1 is 1.19 bits per heavy atom. The molecule has 1 aliphatic heterocycles. The zero-order chi connectivity index (χ0) is 15.4. The molecular formula is C18H31N3. The monoisotopic (exact) mass is 289 g/mol. The van der Waals surface area contributed by atoms with E-state index in [0.29, 0.717) is 12.1 Å². The Morgan fingerprint density at radius 3 is 2.43 bits per heavy atom. The van der Waals surface area contributed by atoms with E-state index in [1.54, 1.807) is 0 Å². The van der Waals surface area contributed by atoms with E-state index in [1.807, 2.05) is 0 Å². The van der Waals surface area contributed by atoms with Crippen molar-refractivity contribution in [3.8, 4) is 0 Å². The molecule has 1 aliphatic rings. The molecule has 21 heavy (non-hydrogen) atoms. The van der Waals surface area contributed by atoms with Crippen LogP contribution in [0.3, 0.4) is 0 Å². The molecule has 2 rings (SSSR count). The van der Waals surface area contributed by atoms with E-state index in [-0.39, 0.29) is 6.04 Å². The van der Waals surface area contributed by atoms with Crippen LogP contribution in [0.4, 0.5) is 0 Å². The number of likely N-dealkylation sites (N-methyl/N-ethyl adjacent to an activating group) is 1. The lowest BCUT2D eigenvalue weighted by molar-refractivity contribution is 0.0524. The molecule has 3 atom stereocenters. The lowest BCUT2D eigenvalue weighted by Gasteiger charge is -2.44. The van der Waals surface area contributed by atoms with Gasteiger partial charge in [0.1, 0.15) is 0 Å². The molecule has 0 radical (unpaired) electrons. The molecule has 3 nitrogen and oxygen atoms in total. The van der Waals surface area contributed by atoms with Crippen molar-refractivity contribution in [3.63, 3.8) is 0 Å². The number of benzene rings is 1. The lowest BCUT2D eigenvalue weighted by atomic mass is 9.94. The van der Waals surface area contributed by atoms with Crippen molar-refractivity contribution >= 4 is 0 Å².